The first-order valence-corrected chi connectivity index (χ1v) is 8.90. The minimum atomic E-state index is -0.319. The lowest BCUT2D eigenvalue weighted by atomic mass is 10.2. The number of halogens is 2. The van der Waals surface area contributed by atoms with Crippen LogP contribution in [-0.4, -0.2) is 29.6 Å². The second kappa shape index (κ2) is 5.75. The summed E-state index contributed by atoms with van der Waals surface area (Å²) in [5.41, 5.74) is 2.64. The molecular formula is C15H12BrFN6S. The quantitative estimate of drug-likeness (QED) is 0.516. The first kappa shape index (κ1) is 15.4. The van der Waals surface area contributed by atoms with Gasteiger partial charge in [0.05, 0.1) is 15.9 Å². The van der Waals surface area contributed by atoms with Crippen molar-refractivity contribution in [2.75, 3.05) is 0 Å². The minimum Gasteiger partial charge on any atom is -0.262 e. The number of hydrogen-bond acceptors (Lipinski definition) is 5. The van der Waals surface area contributed by atoms with Crippen molar-refractivity contribution in [3.8, 4) is 22.1 Å². The van der Waals surface area contributed by atoms with Gasteiger partial charge in [-0.05, 0) is 54.0 Å². The fourth-order valence-electron chi connectivity index (χ4n) is 2.49. The van der Waals surface area contributed by atoms with E-state index in [1.54, 1.807) is 16.6 Å². The standard InChI is InChI=1S/C15H12BrFN6S/c1-3-22-12(6-8(2)20-22)14-21-23-13(18-19-15(23)24-14)9-4-5-11(17)10(16)7-9/h4-7H,3H2,1-2H3. The van der Waals surface area contributed by atoms with Crippen LogP contribution in [-0.2, 0) is 6.54 Å². The molecule has 9 heteroatoms. The second-order valence-electron chi connectivity index (χ2n) is 5.24. The van der Waals surface area contributed by atoms with E-state index >= 15 is 0 Å². The zero-order valence-corrected chi connectivity index (χ0v) is 15.3. The van der Waals surface area contributed by atoms with Gasteiger partial charge < -0.3 is 0 Å². The van der Waals surface area contributed by atoms with E-state index in [0.29, 0.717) is 15.3 Å². The van der Waals surface area contributed by atoms with Crippen LogP contribution in [0, 0.1) is 12.7 Å². The van der Waals surface area contributed by atoms with E-state index in [4.69, 9.17) is 0 Å². The van der Waals surface area contributed by atoms with Crippen LogP contribution in [0.1, 0.15) is 12.6 Å². The molecule has 0 unspecified atom stereocenters. The molecule has 0 N–H and O–H groups in total. The van der Waals surface area contributed by atoms with E-state index in [2.05, 4.69) is 36.3 Å². The van der Waals surface area contributed by atoms with Crippen LogP contribution < -0.4 is 0 Å². The highest BCUT2D eigenvalue weighted by atomic mass is 79.9. The van der Waals surface area contributed by atoms with E-state index < -0.39 is 0 Å². The molecule has 1 aromatic carbocycles. The molecule has 0 atom stereocenters. The van der Waals surface area contributed by atoms with Crippen molar-refractivity contribution in [3.63, 3.8) is 0 Å². The molecule has 0 spiro atoms. The maximum absolute atomic E-state index is 13.5. The van der Waals surface area contributed by atoms with Gasteiger partial charge >= 0.3 is 0 Å². The number of hydrogen-bond donors (Lipinski definition) is 0. The summed E-state index contributed by atoms with van der Waals surface area (Å²) in [5.74, 6) is 0.258. The lowest BCUT2D eigenvalue weighted by Crippen LogP contribution is -1.99. The first-order valence-electron chi connectivity index (χ1n) is 7.29. The zero-order chi connectivity index (χ0) is 16.8. The molecule has 3 heterocycles. The van der Waals surface area contributed by atoms with Crippen LogP contribution in [0.4, 0.5) is 4.39 Å². The van der Waals surface area contributed by atoms with Gasteiger partial charge in [0.25, 0.3) is 0 Å². The predicted octanol–water partition coefficient (Wildman–Crippen LogP) is 3.95. The molecule has 0 aliphatic rings. The molecule has 0 saturated carbocycles. The Morgan fingerprint density at radius 3 is 2.79 bits per heavy atom. The van der Waals surface area contributed by atoms with Crippen molar-refractivity contribution < 1.29 is 4.39 Å². The molecule has 0 aliphatic carbocycles. The monoisotopic (exact) mass is 406 g/mol. The van der Waals surface area contributed by atoms with Crippen molar-refractivity contribution in [2.45, 2.75) is 20.4 Å². The molecule has 24 heavy (non-hydrogen) atoms. The van der Waals surface area contributed by atoms with Gasteiger partial charge in [0, 0.05) is 12.1 Å². The van der Waals surface area contributed by atoms with Crippen LogP contribution >= 0.6 is 27.3 Å². The second-order valence-corrected chi connectivity index (χ2v) is 7.05. The van der Waals surface area contributed by atoms with Gasteiger partial charge in [0.1, 0.15) is 5.82 Å². The number of fused-ring (bicyclic) bond motifs is 1. The Hall–Kier alpha value is -2.13. The molecule has 122 valence electrons. The van der Waals surface area contributed by atoms with Crippen molar-refractivity contribution >= 4 is 32.2 Å². The molecule has 0 fully saturated rings. The molecule has 6 nitrogen and oxygen atoms in total. The molecule has 0 aliphatic heterocycles. The maximum atomic E-state index is 13.5. The van der Waals surface area contributed by atoms with E-state index in [9.17, 15) is 4.39 Å². The van der Waals surface area contributed by atoms with Crippen LogP contribution in [0.15, 0.2) is 28.7 Å². The third-order valence-electron chi connectivity index (χ3n) is 3.59. The maximum Gasteiger partial charge on any atom is 0.235 e. The summed E-state index contributed by atoms with van der Waals surface area (Å²) in [6.45, 7) is 4.76. The lowest BCUT2D eigenvalue weighted by Gasteiger charge is -2.00. The highest BCUT2D eigenvalue weighted by Gasteiger charge is 2.17. The van der Waals surface area contributed by atoms with E-state index in [1.165, 1.54) is 17.4 Å². The minimum absolute atomic E-state index is 0.319. The van der Waals surface area contributed by atoms with Crippen LogP contribution in [0.5, 0.6) is 0 Å². The molecule has 4 rings (SSSR count). The average Bonchev–Trinajstić information content (AvgIpc) is 3.22. The van der Waals surface area contributed by atoms with Gasteiger partial charge in [-0.25, -0.2) is 4.39 Å². The summed E-state index contributed by atoms with van der Waals surface area (Å²) in [5, 5.41) is 18.3. The summed E-state index contributed by atoms with van der Waals surface area (Å²) in [4.78, 5) is 0.682. The van der Waals surface area contributed by atoms with Crippen molar-refractivity contribution in [3.05, 3.63) is 40.2 Å². The SMILES string of the molecule is CCn1nc(C)cc1-c1nn2c(-c3ccc(F)c(Br)c3)nnc2s1. The van der Waals surface area contributed by atoms with Crippen LogP contribution in [0.3, 0.4) is 0 Å². The number of aryl methyl sites for hydroxylation is 2. The van der Waals surface area contributed by atoms with Gasteiger partial charge in [-0.15, -0.1) is 10.2 Å². The fraction of sp³-hybridized carbons (Fsp3) is 0.200. The summed E-state index contributed by atoms with van der Waals surface area (Å²) >= 11 is 4.65. The largest absolute Gasteiger partial charge is 0.262 e. The third-order valence-corrected chi connectivity index (χ3v) is 5.12. The van der Waals surface area contributed by atoms with E-state index in [1.807, 2.05) is 24.6 Å². The lowest BCUT2D eigenvalue weighted by molar-refractivity contribution is 0.621. The van der Waals surface area contributed by atoms with Gasteiger partial charge in [-0.3, -0.25) is 4.68 Å². The number of rotatable bonds is 3. The number of aromatic nitrogens is 6. The van der Waals surface area contributed by atoms with Crippen molar-refractivity contribution in [1.29, 1.82) is 0 Å². The molecule has 0 bridgehead atoms. The van der Waals surface area contributed by atoms with Gasteiger partial charge in [0.15, 0.2) is 10.8 Å². The number of benzene rings is 1. The summed E-state index contributed by atoms with van der Waals surface area (Å²) < 4.78 is 17.4. The third kappa shape index (κ3) is 2.44. The van der Waals surface area contributed by atoms with Crippen molar-refractivity contribution in [2.24, 2.45) is 0 Å². The van der Waals surface area contributed by atoms with Gasteiger partial charge in [0.2, 0.25) is 4.96 Å². The highest BCUT2D eigenvalue weighted by Crippen LogP contribution is 2.30. The van der Waals surface area contributed by atoms with Crippen LogP contribution in [0.25, 0.3) is 27.1 Å². The molecule has 0 amide bonds. The van der Waals surface area contributed by atoms with Crippen molar-refractivity contribution in [1.82, 2.24) is 29.6 Å². The Kier molecular flexibility index (Phi) is 3.69. The molecule has 0 saturated heterocycles. The summed E-state index contributed by atoms with van der Waals surface area (Å²) in [6.07, 6.45) is 0. The summed E-state index contributed by atoms with van der Waals surface area (Å²) in [6, 6.07) is 6.73. The Bertz CT molecular complexity index is 1050. The fourth-order valence-corrected chi connectivity index (χ4v) is 3.73. The van der Waals surface area contributed by atoms with E-state index in [-0.39, 0.29) is 5.82 Å². The average molecular weight is 407 g/mol. The predicted molar refractivity (Wildman–Crippen MR) is 93.4 cm³/mol. The van der Waals surface area contributed by atoms with Gasteiger partial charge in [-0.2, -0.15) is 14.7 Å². The van der Waals surface area contributed by atoms with Gasteiger partial charge in [-0.1, -0.05) is 11.3 Å². The molecule has 0 radical (unpaired) electrons. The zero-order valence-electron chi connectivity index (χ0n) is 12.9. The highest BCUT2D eigenvalue weighted by molar-refractivity contribution is 9.10. The Morgan fingerprint density at radius 2 is 2.04 bits per heavy atom. The molecule has 3 aromatic heterocycles. The molecular weight excluding hydrogens is 395 g/mol. The Morgan fingerprint density at radius 1 is 1.21 bits per heavy atom. The Labute approximate surface area is 149 Å². The first-order chi connectivity index (χ1) is 11.6. The number of nitrogens with zero attached hydrogens (tertiary/aromatic N) is 6. The Balaban J connectivity index is 1.85. The van der Waals surface area contributed by atoms with Crippen LogP contribution in [0.2, 0.25) is 0 Å². The molecule has 4 aromatic rings. The smallest absolute Gasteiger partial charge is 0.235 e. The topological polar surface area (TPSA) is 60.9 Å². The summed E-state index contributed by atoms with van der Waals surface area (Å²) in [7, 11) is 0. The normalized spacial score (nSPS) is 11.5. The van der Waals surface area contributed by atoms with E-state index in [0.717, 1.165) is 28.5 Å².